The van der Waals surface area contributed by atoms with E-state index in [2.05, 4.69) is 0 Å². The first-order valence-corrected chi connectivity index (χ1v) is 6.51. The fraction of sp³-hybridized carbons (Fsp3) is 0. The number of hydrogen-bond acceptors (Lipinski definition) is 3. The van der Waals surface area contributed by atoms with Crippen LogP contribution in [0.5, 0.6) is 0 Å². The summed E-state index contributed by atoms with van der Waals surface area (Å²) in [4.78, 5) is 9.93. The summed E-state index contributed by atoms with van der Waals surface area (Å²) < 4.78 is 29.2. The molecule has 0 bridgehead atoms. The second kappa shape index (κ2) is 9.01. The summed E-state index contributed by atoms with van der Waals surface area (Å²) in [5.41, 5.74) is 0.729. The molecule has 0 aromatic heterocycles. The van der Waals surface area contributed by atoms with E-state index in [9.17, 15) is 13.2 Å². The average Bonchev–Trinajstić information content (AvgIpc) is 2.40. The molecule has 2 aromatic rings. The molecule has 1 N–H and O–H groups in total. The van der Waals surface area contributed by atoms with Crippen LogP contribution in [-0.4, -0.2) is 48.8 Å². The van der Waals surface area contributed by atoms with E-state index >= 15 is 0 Å². The quantitative estimate of drug-likeness (QED) is 0.519. The summed E-state index contributed by atoms with van der Waals surface area (Å²) >= 11 is 0. The van der Waals surface area contributed by atoms with Crippen molar-refractivity contribution < 1.29 is 17.8 Å². The standard InChI is InChI=1S/C7H6O.C6H6O3S.Na.H/c8-6-7-4-2-1-3-5-7;7-10(8,9)6-4-2-1-3-5-6;;/h1-6H;1-5H,(H,7,8,9);;. The normalized spacial score (nSPS) is 9.53. The first-order chi connectivity index (χ1) is 8.54. The van der Waals surface area contributed by atoms with E-state index in [1.807, 2.05) is 18.2 Å². The zero-order valence-electron chi connectivity index (χ0n) is 9.43. The summed E-state index contributed by atoms with van der Waals surface area (Å²) in [5, 5.41) is 0. The molecule has 0 saturated carbocycles. The number of rotatable bonds is 2. The molecule has 96 valence electrons. The van der Waals surface area contributed by atoms with E-state index < -0.39 is 10.1 Å². The Balaban J connectivity index is 0.000000331. The maximum absolute atomic E-state index is 10.4. The van der Waals surface area contributed by atoms with Gasteiger partial charge in [-0.3, -0.25) is 9.35 Å². The molecule has 2 rings (SSSR count). The first-order valence-electron chi connectivity index (χ1n) is 5.07. The third-order valence-corrected chi connectivity index (χ3v) is 2.84. The molecular formula is C13H13NaO4S. The van der Waals surface area contributed by atoms with Crippen LogP contribution in [0.1, 0.15) is 10.4 Å². The average molecular weight is 288 g/mol. The minimum absolute atomic E-state index is 0. The molecule has 0 atom stereocenters. The second-order valence-corrected chi connectivity index (χ2v) is 4.74. The van der Waals surface area contributed by atoms with Gasteiger partial charge in [0, 0.05) is 5.56 Å². The summed E-state index contributed by atoms with van der Waals surface area (Å²) in [6, 6.07) is 16.5. The van der Waals surface area contributed by atoms with Gasteiger partial charge < -0.3 is 0 Å². The molecular weight excluding hydrogens is 275 g/mol. The molecule has 0 radical (unpaired) electrons. The van der Waals surface area contributed by atoms with Gasteiger partial charge in [-0.2, -0.15) is 8.42 Å². The van der Waals surface area contributed by atoms with Crippen LogP contribution in [0.4, 0.5) is 0 Å². The molecule has 0 heterocycles. The number of aldehydes is 1. The van der Waals surface area contributed by atoms with E-state index in [1.54, 1.807) is 30.3 Å². The van der Waals surface area contributed by atoms with E-state index in [0.717, 1.165) is 11.8 Å². The third-order valence-electron chi connectivity index (χ3n) is 1.98. The molecule has 0 aliphatic heterocycles. The fourth-order valence-corrected chi connectivity index (χ4v) is 1.63. The van der Waals surface area contributed by atoms with E-state index in [1.165, 1.54) is 12.1 Å². The Morgan fingerprint density at radius 3 is 1.53 bits per heavy atom. The van der Waals surface area contributed by atoms with Gasteiger partial charge in [0.15, 0.2) is 0 Å². The Bertz CT molecular complexity index is 583. The molecule has 0 amide bonds. The Labute approximate surface area is 134 Å². The summed E-state index contributed by atoms with van der Waals surface area (Å²) in [5.74, 6) is 0. The molecule has 0 unspecified atom stereocenters. The topological polar surface area (TPSA) is 71.4 Å². The Morgan fingerprint density at radius 1 is 0.842 bits per heavy atom. The zero-order chi connectivity index (χ0) is 13.4. The van der Waals surface area contributed by atoms with Gasteiger partial charge in [-0.25, -0.2) is 0 Å². The Hall–Kier alpha value is -0.980. The SMILES string of the molecule is O=Cc1ccccc1.O=S(=O)(O)c1ccccc1.[NaH]. The van der Waals surface area contributed by atoms with E-state index in [4.69, 9.17) is 4.55 Å². The van der Waals surface area contributed by atoms with Gasteiger partial charge in [-0.1, -0.05) is 48.5 Å². The molecule has 0 saturated heterocycles. The molecule has 19 heavy (non-hydrogen) atoms. The maximum atomic E-state index is 10.4. The predicted molar refractivity (Wildman–Crippen MR) is 75.2 cm³/mol. The van der Waals surface area contributed by atoms with Crippen LogP contribution in [0.15, 0.2) is 65.6 Å². The van der Waals surface area contributed by atoms with Gasteiger partial charge >= 0.3 is 29.6 Å². The molecule has 2 aromatic carbocycles. The zero-order valence-corrected chi connectivity index (χ0v) is 10.2. The van der Waals surface area contributed by atoms with Crippen LogP contribution in [0.2, 0.25) is 0 Å². The molecule has 4 nitrogen and oxygen atoms in total. The second-order valence-electron chi connectivity index (χ2n) is 3.32. The van der Waals surface area contributed by atoms with Crippen LogP contribution in [0, 0.1) is 0 Å². The molecule has 6 heteroatoms. The minimum atomic E-state index is -4.00. The number of carbonyl (C=O) groups is 1. The van der Waals surface area contributed by atoms with Crippen molar-refractivity contribution in [3.05, 3.63) is 66.2 Å². The van der Waals surface area contributed by atoms with Crippen molar-refractivity contribution in [2.75, 3.05) is 0 Å². The number of hydrogen-bond donors (Lipinski definition) is 1. The van der Waals surface area contributed by atoms with Gasteiger partial charge in [0.25, 0.3) is 10.1 Å². The Kier molecular flexibility index (Phi) is 8.54. The van der Waals surface area contributed by atoms with Crippen LogP contribution in [0.3, 0.4) is 0 Å². The van der Waals surface area contributed by atoms with Crippen LogP contribution >= 0.6 is 0 Å². The first kappa shape index (κ1) is 18.0. The summed E-state index contributed by atoms with van der Waals surface area (Å²) in [6.07, 6.45) is 0.833. The van der Waals surface area contributed by atoms with Crippen molar-refractivity contribution in [1.82, 2.24) is 0 Å². The van der Waals surface area contributed by atoms with Crippen molar-refractivity contribution in [3.8, 4) is 0 Å². The van der Waals surface area contributed by atoms with Gasteiger partial charge in [-0.15, -0.1) is 0 Å². The summed E-state index contributed by atoms with van der Waals surface area (Å²) in [6.45, 7) is 0. The van der Waals surface area contributed by atoms with Crippen LogP contribution in [-0.2, 0) is 10.1 Å². The van der Waals surface area contributed by atoms with E-state index in [0.29, 0.717) is 0 Å². The fourth-order valence-electron chi connectivity index (χ4n) is 1.12. The van der Waals surface area contributed by atoms with Gasteiger partial charge in [-0.05, 0) is 12.1 Å². The monoisotopic (exact) mass is 288 g/mol. The number of carbonyl (C=O) groups excluding carboxylic acids is 1. The van der Waals surface area contributed by atoms with Gasteiger partial charge in [0.05, 0.1) is 4.90 Å². The van der Waals surface area contributed by atoms with Crippen molar-refractivity contribution in [1.29, 1.82) is 0 Å². The molecule has 0 fully saturated rings. The van der Waals surface area contributed by atoms with Crippen LogP contribution < -0.4 is 0 Å². The van der Waals surface area contributed by atoms with Crippen molar-refractivity contribution in [3.63, 3.8) is 0 Å². The van der Waals surface area contributed by atoms with Crippen molar-refractivity contribution >= 4 is 46.0 Å². The van der Waals surface area contributed by atoms with Crippen molar-refractivity contribution in [2.45, 2.75) is 4.90 Å². The van der Waals surface area contributed by atoms with Crippen molar-refractivity contribution in [2.24, 2.45) is 0 Å². The third kappa shape index (κ3) is 7.25. The molecule has 0 aliphatic carbocycles. The predicted octanol–water partition coefficient (Wildman–Crippen LogP) is 1.78. The number of benzene rings is 2. The van der Waals surface area contributed by atoms with Crippen LogP contribution in [0.25, 0.3) is 0 Å². The Morgan fingerprint density at radius 2 is 1.26 bits per heavy atom. The molecule has 0 spiro atoms. The van der Waals surface area contributed by atoms with Gasteiger partial charge in [0.1, 0.15) is 6.29 Å². The molecule has 0 aliphatic rings. The summed E-state index contributed by atoms with van der Waals surface area (Å²) in [7, 11) is -4.00. The van der Waals surface area contributed by atoms with E-state index in [-0.39, 0.29) is 34.5 Å². The van der Waals surface area contributed by atoms with Gasteiger partial charge in [0.2, 0.25) is 0 Å².